The SMILES string of the molecule is CCOC(=O)C1=C(c2ccccc2)N=c2s/c(=C\c3cc(C)n(-c4ccc(F)cc4)c3C)c(=O)n2[C@H]1c1ccc(SC)cc1. The maximum Gasteiger partial charge on any atom is 0.338 e. The molecule has 222 valence electrons. The Balaban J connectivity index is 1.59. The van der Waals surface area contributed by atoms with E-state index in [9.17, 15) is 14.0 Å². The normalized spacial score (nSPS) is 14.8. The number of esters is 1. The lowest BCUT2D eigenvalue weighted by atomic mass is 9.93. The van der Waals surface area contributed by atoms with E-state index in [1.165, 1.54) is 23.5 Å². The van der Waals surface area contributed by atoms with Crippen LogP contribution in [0.3, 0.4) is 0 Å². The summed E-state index contributed by atoms with van der Waals surface area (Å²) in [5, 5.41) is 0. The number of carbonyl (C=O) groups is 1. The highest BCUT2D eigenvalue weighted by molar-refractivity contribution is 7.98. The molecule has 9 heteroatoms. The van der Waals surface area contributed by atoms with Crippen molar-refractivity contribution in [3.05, 3.63) is 144 Å². The molecular formula is C35H30FN3O3S2. The van der Waals surface area contributed by atoms with Crippen LogP contribution in [0, 0.1) is 19.7 Å². The number of ether oxygens (including phenoxy) is 1. The van der Waals surface area contributed by atoms with Crippen LogP contribution in [-0.2, 0) is 9.53 Å². The Morgan fingerprint density at radius 2 is 1.75 bits per heavy atom. The lowest BCUT2D eigenvalue weighted by Crippen LogP contribution is -2.40. The molecule has 0 aliphatic carbocycles. The Hall–Kier alpha value is -4.47. The molecule has 1 aliphatic rings. The molecule has 0 N–H and O–H groups in total. The van der Waals surface area contributed by atoms with Gasteiger partial charge >= 0.3 is 5.97 Å². The number of hydrogen-bond donors (Lipinski definition) is 0. The molecule has 0 saturated heterocycles. The van der Waals surface area contributed by atoms with E-state index in [2.05, 4.69) is 0 Å². The van der Waals surface area contributed by atoms with Crippen LogP contribution in [0.4, 0.5) is 4.39 Å². The first-order chi connectivity index (χ1) is 21.3. The molecule has 0 amide bonds. The quantitative estimate of drug-likeness (QED) is 0.160. The minimum Gasteiger partial charge on any atom is -0.463 e. The van der Waals surface area contributed by atoms with Crippen molar-refractivity contribution in [2.75, 3.05) is 12.9 Å². The van der Waals surface area contributed by atoms with Crippen molar-refractivity contribution >= 4 is 40.8 Å². The highest BCUT2D eigenvalue weighted by atomic mass is 32.2. The Morgan fingerprint density at radius 3 is 2.41 bits per heavy atom. The Morgan fingerprint density at radius 1 is 1.05 bits per heavy atom. The van der Waals surface area contributed by atoms with Crippen molar-refractivity contribution in [3.63, 3.8) is 0 Å². The Bertz CT molecular complexity index is 2070. The number of thioether (sulfide) groups is 1. The van der Waals surface area contributed by atoms with Gasteiger partial charge < -0.3 is 9.30 Å². The second-order valence-corrected chi connectivity index (χ2v) is 12.2. The predicted octanol–water partition coefficient (Wildman–Crippen LogP) is 6.20. The van der Waals surface area contributed by atoms with E-state index in [-0.39, 0.29) is 18.0 Å². The van der Waals surface area contributed by atoms with Crippen LogP contribution >= 0.6 is 23.1 Å². The van der Waals surface area contributed by atoms with Crippen molar-refractivity contribution in [2.24, 2.45) is 4.99 Å². The van der Waals surface area contributed by atoms with Gasteiger partial charge in [-0.15, -0.1) is 11.8 Å². The summed E-state index contributed by atoms with van der Waals surface area (Å²) in [5.74, 6) is -0.807. The van der Waals surface area contributed by atoms with E-state index < -0.39 is 12.0 Å². The van der Waals surface area contributed by atoms with Gasteiger partial charge in [0, 0.05) is 27.5 Å². The van der Waals surface area contributed by atoms with Gasteiger partial charge in [-0.05, 0) is 86.7 Å². The van der Waals surface area contributed by atoms with Gasteiger partial charge in [0.1, 0.15) is 5.82 Å². The summed E-state index contributed by atoms with van der Waals surface area (Å²) in [6.07, 6.45) is 3.87. The molecule has 0 bridgehead atoms. The van der Waals surface area contributed by atoms with Crippen LogP contribution in [0.25, 0.3) is 17.5 Å². The molecular weight excluding hydrogens is 594 g/mol. The van der Waals surface area contributed by atoms with Crippen molar-refractivity contribution in [2.45, 2.75) is 31.7 Å². The first-order valence-corrected chi connectivity index (χ1v) is 16.2. The molecule has 6 nitrogen and oxygen atoms in total. The molecule has 2 aromatic heterocycles. The number of thiazole rings is 1. The lowest BCUT2D eigenvalue weighted by molar-refractivity contribution is -0.138. The number of hydrogen-bond acceptors (Lipinski definition) is 6. The largest absolute Gasteiger partial charge is 0.463 e. The fourth-order valence-electron chi connectivity index (χ4n) is 5.60. The zero-order chi connectivity index (χ0) is 31.0. The fourth-order valence-corrected chi connectivity index (χ4v) is 7.00. The molecule has 3 aromatic carbocycles. The van der Waals surface area contributed by atoms with E-state index in [1.54, 1.807) is 35.4 Å². The summed E-state index contributed by atoms with van der Waals surface area (Å²) in [6.45, 7) is 5.91. The maximum atomic E-state index is 14.3. The van der Waals surface area contributed by atoms with Crippen LogP contribution in [0.15, 0.2) is 105 Å². The molecule has 0 radical (unpaired) electrons. The van der Waals surface area contributed by atoms with Gasteiger partial charge in [0.25, 0.3) is 5.56 Å². The Labute approximate surface area is 262 Å². The molecule has 5 aromatic rings. The van der Waals surface area contributed by atoms with Gasteiger partial charge in [-0.1, -0.05) is 53.8 Å². The van der Waals surface area contributed by atoms with Crippen molar-refractivity contribution in [1.29, 1.82) is 0 Å². The third-order valence-electron chi connectivity index (χ3n) is 7.65. The van der Waals surface area contributed by atoms with Gasteiger partial charge in [0.2, 0.25) is 0 Å². The smallest absolute Gasteiger partial charge is 0.338 e. The second kappa shape index (κ2) is 12.3. The lowest BCUT2D eigenvalue weighted by Gasteiger charge is -2.26. The highest BCUT2D eigenvalue weighted by Crippen LogP contribution is 2.35. The molecule has 1 atom stereocenters. The predicted molar refractivity (Wildman–Crippen MR) is 174 cm³/mol. The number of nitrogens with zero attached hydrogens (tertiary/aromatic N) is 3. The van der Waals surface area contributed by atoms with E-state index in [1.807, 2.05) is 91.4 Å². The van der Waals surface area contributed by atoms with E-state index in [4.69, 9.17) is 9.73 Å². The second-order valence-electron chi connectivity index (χ2n) is 10.3. The molecule has 0 saturated carbocycles. The highest BCUT2D eigenvalue weighted by Gasteiger charge is 2.35. The number of benzene rings is 3. The monoisotopic (exact) mass is 623 g/mol. The van der Waals surface area contributed by atoms with Crippen molar-refractivity contribution in [1.82, 2.24) is 9.13 Å². The number of aromatic nitrogens is 2. The van der Waals surface area contributed by atoms with E-state index >= 15 is 0 Å². The summed E-state index contributed by atoms with van der Waals surface area (Å²) in [7, 11) is 0. The zero-order valence-corrected chi connectivity index (χ0v) is 26.3. The van der Waals surface area contributed by atoms with Crippen LogP contribution in [0.1, 0.15) is 41.0 Å². The van der Waals surface area contributed by atoms with E-state index in [0.29, 0.717) is 20.6 Å². The number of halogens is 1. The maximum absolute atomic E-state index is 14.3. The standard InChI is InChI=1S/C35H30FN3O3S2/c1-5-42-34(41)30-31(23-9-7-6-8-10-23)37-35-39(32(30)24-11-17-28(43-4)18-12-24)33(40)29(44-35)20-25-19-21(2)38(22(25)3)27-15-13-26(36)14-16-27/h6-20,32H,5H2,1-4H3/b29-20-/t32-/m0/s1. The first-order valence-electron chi connectivity index (χ1n) is 14.2. The molecule has 1 aliphatic heterocycles. The summed E-state index contributed by atoms with van der Waals surface area (Å²) in [5.41, 5.74) is 5.70. The summed E-state index contributed by atoms with van der Waals surface area (Å²) >= 11 is 2.91. The number of aryl methyl sites for hydroxylation is 1. The molecule has 0 unspecified atom stereocenters. The summed E-state index contributed by atoms with van der Waals surface area (Å²) < 4.78 is 23.3. The van der Waals surface area contributed by atoms with Gasteiger partial charge in [0.15, 0.2) is 4.80 Å². The van der Waals surface area contributed by atoms with Crippen LogP contribution in [0.2, 0.25) is 0 Å². The third kappa shape index (κ3) is 5.37. The number of fused-ring (bicyclic) bond motifs is 1. The average Bonchev–Trinajstić information content (AvgIpc) is 3.50. The first kappa shape index (κ1) is 29.6. The van der Waals surface area contributed by atoms with Gasteiger partial charge in [-0.25, -0.2) is 14.2 Å². The van der Waals surface area contributed by atoms with Gasteiger partial charge in [-0.3, -0.25) is 9.36 Å². The molecule has 0 fully saturated rings. The van der Waals surface area contributed by atoms with E-state index in [0.717, 1.165) is 38.7 Å². The van der Waals surface area contributed by atoms with Gasteiger partial charge in [-0.2, -0.15) is 0 Å². The summed E-state index contributed by atoms with van der Waals surface area (Å²) in [6, 6.07) is 25.0. The van der Waals surface area contributed by atoms with Crippen molar-refractivity contribution in [3.8, 4) is 5.69 Å². The minimum atomic E-state index is -0.731. The van der Waals surface area contributed by atoms with Crippen molar-refractivity contribution < 1.29 is 13.9 Å². The molecule has 0 spiro atoms. The van der Waals surface area contributed by atoms with Gasteiger partial charge in [0.05, 0.1) is 28.5 Å². The summed E-state index contributed by atoms with van der Waals surface area (Å²) in [4.78, 5) is 34.4. The molecule has 3 heterocycles. The topological polar surface area (TPSA) is 65.6 Å². The molecule has 6 rings (SSSR count). The third-order valence-corrected chi connectivity index (χ3v) is 9.37. The fraction of sp³-hybridized carbons (Fsp3) is 0.171. The average molecular weight is 624 g/mol. The number of rotatable bonds is 7. The molecule has 44 heavy (non-hydrogen) atoms. The van der Waals surface area contributed by atoms with Crippen LogP contribution in [0.5, 0.6) is 0 Å². The zero-order valence-electron chi connectivity index (χ0n) is 24.7. The van der Waals surface area contributed by atoms with Crippen LogP contribution < -0.4 is 14.9 Å². The Kier molecular flexibility index (Phi) is 8.25. The number of carbonyl (C=O) groups excluding carboxylic acids is 1. The van der Waals surface area contributed by atoms with Crippen LogP contribution in [-0.4, -0.2) is 28.0 Å². The minimum absolute atomic E-state index is 0.191.